The van der Waals surface area contributed by atoms with E-state index in [-0.39, 0.29) is 17.3 Å². The van der Waals surface area contributed by atoms with Crippen LogP contribution >= 0.6 is 0 Å². The molecule has 4 nitrogen and oxygen atoms in total. The molecule has 5 heteroatoms. The third kappa shape index (κ3) is 2.19. The van der Waals surface area contributed by atoms with Gasteiger partial charge in [0.2, 0.25) is 0 Å². The summed E-state index contributed by atoms with van der Waals surface area (Å²) in [6, 6.07) is 0. The molecule has 2 saturated heterocycles. The lowest BCUT2D eigenvalue weighted by Crippen LogP contribution is -2.46. The summed E-state index contributed by atoms with van der Waals surface area (Å²) in [4.78, 5) is 0. The SMILES string of the molecule is CC1(C)CNC(C)(C2CCS(=O)(=O)C2)O1. The van der Waals surface area contributed by atoms with Gasteiger partial charge >= 0.3 is 0 Å². The highest BCUT2D eigenvalue weighted by Crippen LogP contribution is 2.36. The first kappa shape index (κ1) is 11.4. The number of sulfone groups is 1. The molecule has 0 spiro atoms. The molecule has 0 aromatic rings. The summed E-state index contributed by atoms with van der Waals surface area (Å²) in [6.07, 6.45) is 0.710. The first-order valence-corrected chi connectivity index (χ1v) is 7.20. The zero-order valence-corrected chi connectivity index (χ0v) is 10.4. The maximum absolute atomic E-state index is 11.4. The second-order valence-corrected chi connectivity index (χ2v) is 7.65. The monoisotopic (exact) mass is 233 g/mol. The maximum Gasteiger partial charge on any atom is 0.150 e. The lowest BCUT2D eigenvalue weighted by molar-refractivity contribution is -0.106. The van der Waals surface area contributed by atoms with Crippen LogP contribution in [0.5, 0.6) is 0 Å². The van der Waals surface area contributed by atoms with Gasteiger partial charge in [-0.1, -0.05) is 0 Å². The van der Waals surface area contributed by atoms with Gasteiger partial charge in [-0.25, -0.2) is 8.42 Å². The molecule has 0 bridgehead atoms. The quantitative estimate of drug-likeness (QED) is 0.718. The van der Waals surface area contributed by atoms with Crippen molar-refractivity contribution in [3.63, 3.8) is 0 Å². The molecular formula is C10H19NO3S. The largest absolute Gasteiger partial charge is 0.353 e. The topological polar surface area (TPSA) is 55.4 Å². The molecule has 0 aromatic carbocycles. The van der Waals surface area contributed by atoms with Gasteiger partial charge in [0, 0.05) is 12.5 Å². The van der Waals surface area contributed by atoms with Crippen LogP contribution in [-0.4, -0.2) is 37.8 Å². The fraction of sp³-hybridized carbons (Fsp3) is 1.00. The molecule has 0 aromatic heterocycles. The van der Waals surface area contributed by atoms with E-state index in [1.165, 1.54) is 0 Å². The molecule has 2 aliphatic heterocycles. The minimum atomic E-state index is -2.83. The third-order valence-electron chi connectivity index (χ3n) is 3.36. The normalized spacial score (nSPS) is 43.3. The smallest absolute Gasteiger partial charge is 0.150 e. The number of hydrogen-bond acceptors (Lipinski definition) is 4. The summed E-state index contributed by atoms with van der Waals surface area (Å²) in [5.41, 5.74) is -0.659. The van der Waals surface area contributed by atoms with Crippen molar-refractivity contribution in [3.8, 4) is 0 Å². The van der Waals surface area contributed by atoms with Crippen LogP contribution in [0, 0.1) is 5.92 Å². The van der Waals surface area contributed by atoms with Crippen LogP contribution in [0.15, 0.2) is 0 Å². The highest BCUT2D eigenvalue weighted by atomic mass is 32.2. The predicted molar refractivity (Wildman–Crippen MR) is 58.3 cm³/mol. The number of hydrogen-bond donors (Lipinski definition) is 1. The van der Waals surface area contributed by atoms with Gasteiger partial charge in [-0.05, 0) is 27.2 Å². The van der Waals surface area contributed by atoms with Crippen molar-refractivity contribution in [3.05, 3.63) is 0 Å². The summed E-state index contributed by atoms with van der Waals surface area (Å²) in [5, 5.41) is 3.32. The molecule has 2 rings (SSSR count). The van der Waals surface area contributed by atoms with Crippen LogP contribution < -0.4 is 5.32 Å². The van der Waals surface area contributed by atoms with Crippen LogP contribution in [0.4, 0.5) is 0 Å². The van der Waals surface area contributed by atoms with E-state index < -0.39 is 15.6 Å². The summed E-state index contributed by atoms with van der Waals surface area (Å²) in [5.74, 6) is 0.648. The Kier molecular flexibility index (Phi) is 2.41. The maximum atomic E-state index is 11.4. The van der Waals surface area contributed by atoms with E-state index in [9.17, 15) is 8.42 Å². The zero-order valence-electron chi connectivity index (χ0n) is 9.54. The Morgan fingerprint density at radius 2 is 2.00 bits per heavy atom. The van der Waals surface area contributed by atoms with Gasteiger partial charge in [0.25, 0.3) is 0 Å². The zero-order chi connectivity index (χ0) is 11.3. The second kappa shape index (κ2) is 3.18. The lowest BCUT2D eigenvalue weighted by Gasteiger charge is -2.32. The van der Waals surface area contributed by atoms with Crippen molar-refractivity contribution in [2.45, 2.75) is 38.5 Å². The molecular weight excluding hydrogens is 214 g/mol. The fourth-order valence-electron chi connectivity index (χ4n) is 2.49. The van der Waals surface area contributed by atoms with Gasteiger partial charge in [-0.15, -0.1) is 0 Å². The van der Waals surface area contributed by atoms with Gasteiger partial charge in [0.15, 0.2) is 9.84 Å². The van der Waals surface area contributed by atoms with Crippen molar-refractivity contribution >= 4 is 9.84 Å². The van der Waals surface area contributed by atoms with Gasteiger partial charge in [-0.3, -0.25) is 5.32 Å². The Bertz CT molecular complexity index is 363. The molecule has 0 aliphatic carbocycles. The first-order valence-electron chi connectivity index (χ1n) is 5.38. The molecule has 0 amide bonds. The molecule has 1 N–H and O–H groups in total. The molecule has 2 fully saturated rings. The predicted octanol–water partition coefficient (Wildman–Crippen LogP) is 0.536. The average Bonchev–Trinajstić information content (AvgIpc) is 2.54. The highest BCUT2D eigenvalue weighted by molar-refractivity contribution is 7.91. The molecule has 2 unspecified atom stereocenters. The molecule has 2 aliphatic rings. The highest BCUT2D eigenvalue weighted by Gasteiger charge is 2.49. The first-order chi connectivity index (χ1) is 6.73. The summed E-state index contributed by atoms with van der Waals surface area (Å²) in [6.45, 7) is 6.79. The van der Waals surface area contributed by atoms with E-state index in [0.29, 0.717) is 12.2 Å². The van der Waals surface area contributed by atoms with Gasteiger partial charge in [0.05, 0.1) is 17.1 Å². The van der Waals surface area contributed by atoms with Crippen LogP contribution in [0.2, 0.25) is 0 Å². The number of nitrogens with one attached hydrogen (secondary N) is 1. The molecule has 2 atom stereocenters. The van der Waals surface area contributed by atoms with Crippen LogP contribution in [0.1, 0.15) is 27.2 Å². The average molecular weight is 233 g/mol. The van der Waals surface area contributed by atoms with Crippen molar-refractivity contribution in [2.24, 2.45) is 5.92 Å². The molecule has 15 heavy (non-hydrogen) atoms. The summed E-state index contributed by atoms with van der Waals surface area (Å²) < 4.78 is 28.8. The van der Waals surface area contributed by atoms with Gasteiger partial charge in [0.1, 0.15) is 5.72 Å². The van der Waals surface area contributed by atoms with Gasteiger partial charge in [-0.2, -0.15) is 0 Å². The molecule has 2 heterocycles. The Morgan fingerprint density at radius 1 is 1.33 bits per heavy atom. The lowest BCUT2D eigenvalue weighted by atomic mass is 9.97. The van der Waals surface area contributed by atoms with E-state index in [1.807, 2.05) is 20.8 Å². The molecule has 0 saturated carbocycles. The van der Waals surface area contributed by atoms with Crippen LogP contribution in [0.3, 0.4) is 0 Å². The number of ether oxygens (including phenoxy) is 1. The van der Waals surface area contributed by atoms with Crippen LogP contribution in [0.25, 0.3) is 0 Å². The standard InChI is InChI=1S/C10H19NO3S/c1-9(2)7-11-10(3,14-9)8-4-5-15(12,13)6-8/h8,11H,4-7H2,1-3H3. The van der Waals surface area contributed by atoms with E-state index >= 15 is 0 Å². The third-order valence-corrected chi connectivity index (χ3v) is 5.13. The van der Waals surface area contributed by atoms with Crippen molar-refractivity contribution in [2.75, 3.05) is 18.1 Å². The van der Waals surface area contributed by atoms with E-state index in [1.54, 1.807) is 0 Å². The fourth-order valence-corrected chi connectivity index (χ4v) is 4.40. The second-order valence-electron chi connectivity index (χ2n) is 5.42. The van der Waals surface area contributed by atoms with E-state index in [0.717, 1.165) is 6.54 Å². The minimum absolute atomic E-state index is 0.0873. The van der Waals surface area contributed by atoms with E-state index in [2.05, 4.69) is 5.32 Å². The minimum Gasteiger partial charge on any atom is -0.353 e. The molecule has 88 valence electrons. The Morgan fingerprint density at radius 3 is 2.40 bits per heavy atom. The van der Waals surface area contributed by atoms with Crippen molar-refractivity contribution in [1.82, 2.24) is 5.32 Å². The summed E-state index contributed by atoms with van der Waals surface area (Å²) in [7, 11) is -2.83. The van der Waals surface area contributed by atoms with Crippen molar-refractivity contribution in [1.29, 1.82) is 0 Å². The number of rotatable bonds is 1. The Balaban J connectivity index is 2.13. The molecule has 0 radical (unpaired) electrons. The van der Waals surface area contributed by atoms with Crippen molar-refractivity contribution < 1.29 is 13.2 Å². The van der Waals surface area contributed by atoms with E-state index in [4.69, 9.17) is 4.74 Å². The Hall–Kier alpha value is -0.130. The Labute approximate surface area is 91.3 Å². The van der Waals surface area contributed by atoms with Gasteiger partial charge < -0.3 is 4.74 Å². The van der Waals surface area contributed by atoms with Crippen LogP contribution in [-0.2, 0) is 14.6 Å². The summed E-state index contributed by atoms with van der Waals surface area (Å²) >= 11 is 0.